The summed E-state index contributed by atoms with van der Waals surface area (Å²) in [6.45, 7) is -0.995. The van der Waals surface area contributed by atoms with Crippen LogP contribution in [0, 0.1) is 5.82 Å². The number of carbonyl (C=O) groups excluding carboxylic acids is 2. The van der Waals surface area contributed by atoms with E-state index in [1.54, 1.807) is 12.1 Å². The van der Waals surface area contributed by atoms with Gasteiger partial charge in [0.05, 0.1) is 31.4 Å². The molecule has 2 amide bonds. The standard InChI is InChI=1S/C22H22FN3O6S/c1-31-18-7-9-20(10-8-18)33(29,30)25-14-22(28)26(17-5-2-4-16(23)12-17)15-21(27)24-13-19-6-3-11-32-19/h2-12,25H,13-15H2,1H3,(H,24,27). The predicted molar refractivity (Wildman–Crippen MR) is 117 cm³/mol. The summed E-state index contributed by atoms with van der Waals surface area (Å²) >= 11 is 0. The van der Waals surface area contributed by atoms with Gasteiger partial charge >= 0.3 is 0 Å². The maximum Gasteiger partial charge on any atom is 0.242 e. The number of carbonyl (C=O) groups is 2. The lowest BCUT2D eigenvalue weighted by Crippen LogP contribution is -2.45. The number of methoxy groups -OCH3 is 1. The highest BCUT2D eigenvalue weighted by molar-refractivity contribution is 7.89. The van der Waals surface area contributed by atoms with Crippen LogP contribution in [0.5, 0.6) is 5.75 Å². The number of anilines is 1. The summed E-state index contributed by atoms with van der Waals surface area (Å²) in [6, 6.07) is 14.0. The molecular formula is C22H22FN3O6S. The molecule has 3 aromatic rings. The molecule has 0 bridgehead atoms. The van der Waals surface area contributed by atoms with Crippen LogP contribution in [-0.2, 0) is 26.2 Å². The van der Waals surface area contributed by atoms with Crippen LogP contribution in [0.1, 0.15) is 5.76 Å². The Hall–Kier alpha value is -3.70. The van der Waals surface area contributed by atoms with Crippen molar-refractivity contribution in [3.8, 4) is 5.75 Å². The summed E-state index contributed by atoms with van der Waals surface area (Å²) in [5, 5.41) is 2.59. The summed E-state index contributed by atoms with van der Waals surface area (Å²) in [5.74, 6) is -0.907. The minimum atomic E-state index is -4.01. The van der Waals surface area contributed by atoms with E-state index in [0.29, 0.717) is 11.5 Å². The Kier molecular flexibility index (Phi) is 7.80. The number of nitrogens with one attached hydrogen (secondary N) is 2. The van der Waals surface area contributed by atoms with Crippen molar-refractivity contribution in [2.75, 3.05) is 25.1 Å². The van der Waals surface area contributed by atoms with Crippen LogP contribution in [0.25, 0.3) is 0 Å². The molecule has 0 radical (unpaired) electrons. The van der Waals surface area contributed by atoms with Crippen LogP contribution in [0.2, 0.25) is 0 Å². The third-order valence-corrected chi connectivity index (χ3v) is 5.96. The molecule has 1 aromatic heterocycles. The van der Waals surface area contributed by atoms with E-state index in [1.165, 1.54) is 55.8 Å². The summed E-state index contributed by atoms with van der Waals surface area (Å²) in [7, 11) is -2.56. The highest BCUT2D eigenvalue weighted by Gasteiger charge is 2.23. The molecule has 0 spiro atoms. The number of furan rings is 1. The molecule has 2 aromatic carbocycles. The third kappa shape index (κ3) is 6.64. The van der Waals surface area contributed by atoms with E-state index >= 15 is 0 Å². The number of amides is 2. The quantitative estimate of drug-likeness (QED) is 0.464. The molecule has 0 aliphatic carbocycles. The second-order valence-corrected chi connectivity index (χ2v) is 8.58. The second-order valence-electron chi connectivity index (χ2n) is 6.82. The molecule has 9 nitrogen and oxygen atoms in total. The van der Waals surface area contributed by atoms with Crippen molar-refractivity contribution in [2.45, 2.75) is 11.4 Å². The van der Waals surface area contributed by atoms with Gasteiger partial charge in [-0.1, -0.05) is 6.07 Å². The molecule has 0 atom stereocenters. The van der Waals surface area contributed by atoms with Crippen molar-refractivity contribution in [3.05, 3.63) is 78.5 Å². The van der Waals surface area contributed by atoms with Gasteiger partial charge in [0.15, 0.2) is 0 Å². The maximum absolute atomic E-state index is 13.7. The lowest BCUT2D eigenvalue weighted by molar-refractivity contribution is -0.123. The predicted octanol–water partition coefficient (Wildman–Crippen LogP) is 2.06. The molecule has 2 N–H and O–H groups in total. The summed E-state index contributed by atoms with van der Waals surface area (Å²) in [6.07, 6.45) is 1.46. The maximum atomic E-state index is 13.7. The van der Waals surface area contributed by atoms with Gasteiger partial charge in [0.1, 0.15) is 23.9 Å². The van der Waals surface area contributed by atoms with Gasteiger partial charge in [0.2, 0.25) is 21.8 Å². The third-order valence-electron chi connectivity index (χ3n) is 4.55. The fourth-order valence-electron chi connectivity index (χ4n) is 2.86. The topological polar surface area (TPSA) is 118 Å². The Labute approximate surface area is 190 Å². The number of nitrogens with zero attached hydrogens (tertiary/aromatic N) is 1. The Morgan fingerprint density at radius 1 is 1.09 bits per heavy atom. The monoisotopic (exact) mass is 475 g/mol. The smallest absolute Gasteiger partial charge is 0.242 e. The van der Waals surface area contributed by atoms with E-state index in [2.05, 4.69) is 10.0 Å². The first-order valence-electron chi connectivity index (χ1n) is 9.77. The minimum Gasteiger partial charge on any atom is -0.497 e. The molecular weight excluding hydrogens is 453 g/mol. The van der Waals surface area contributed by atoms with Gasteiger partial charge in [-0.2, -0.15) is 0 Å². The van der Waals surface area contributed by atoms with Crippen molar-refractivity contribution < 1.29 is 31.6 Å². The fraction of sp³-hybridized carbons (Fsp3) is 0.182. The average molecular weight is 475 g/mol. The second kappa shape index (κ2) is 10.7. The molecule has 0 saturated heterocycles. The molecule has 0 aliphatic rings. The van der Waals surface area contributed by atoms with Crippen molar-refractivity contribution in [1.82, 2.24) is 10.0 Å². The van der Waals surface area contributed by atoms with E-state index < -0.39 is 40.7 Å². The molecule has 1 heterocycles. The normalized spacial score (nSPS) is 11.1. The molecule has 11 heteroatoms. The molecule has 3 rings (SSSR count). The highest BCUT2D eigenvalue weighted by Crippen LogP contribution is 2.17. The van der Waals surface area contributed by atoms with Gasteiger partial charge in [-0.3, -0.25) is 9.59 Å². The van der Waals surface area contributed by atoms with Crippen LogP contribution in [0.15, 0.2) is 76.2 Å². The number of ether oxygens (including phenoxy) is 1. The SMILES string of the molecule is COc1ccc(S(=O)(=O)NCC(=O)N(CC(=O)NCc2ccco2)c2cccc(F)c2)cc1. The first-order valence-corrected chi connectivity index (χ1v) is 11.3. The van der Waals surface area contributed by atoms with Crippen molar-refractivity contribution in [3.63, 3.8) is 0 Å². The van der Waals surface area contributed by atoms with Gasteiger partial charge in [-0.05, 0) is 54.6 Å². The van der Waals surface area contributed by atoms with E-state index in [0.717, 1.165) is 11.0 Å². The zero-order valence-electron chi connectivity index (χ0n) is 17.7. The first-order chi connectivity index (χ1) is 15.8. The number of benzene rings is 2. The highest BCUT2D eigenvalue weighted by atomic mass is 32.2. The average Bonchev–Trinajstić information content (AvgIpc) is 3.33. The molecule has 0 unspecified atom stereocenters. The molecule has 0 fully saturated rings. The fourth-order valence-corrected chi connectivity index (χ4v) is 3.83. The zero-order valence-corrected chi connectivity index (χ0v) is 18.5. The Bertz CT molecular complexity index is 1200. The number of hydrogen-bond donors (Lipinski definition) is 2. The Morgan fingerprint density at radius 2 is 1.85 bits per heavy atom. The van der Waals surface area contributed by atoms with Crippen LogP contribution in [-0.4, -0.2) is 40.4 Å². The molecule has 0 saturated carbocycles. The lowest BCUT2D eigenvalue weighted by atomic mass is 10.2. The van der Waals surface area contributed by atoms with Gasteiger partial charge in [0, 0.05) is 5.69 Å². The van der Waals surface area contributed by atoms with E-state index in [9.17, 15) is 22.4 Å². The van der Waals surface area contributed by atoms with Crippen LogP contribution in [0.4, 0.5) is 10.1 Å². The van der Waals surface area contributed by atoms with Gasteiger partial charge in [-0.15, -0.1) is 0 Å². The van der Waals surface area contributed by atoms with Crippen LogP contribution >= 0.6 is 0 Å². The molecule has 0 aliphatic heterocycles. The Morgan fingerprint density at radius 3 is 2.48 bits per heavy atom. The van der Waals surface area contributed by atoms with Crippen molar-refractivity contribution in [1.29, 1.82) is 0 Å². The first kappa shape index (κ1) is 24.0. The van der Waals surface area contributed by atoms with Gasteiger partial charge in [0.25, 0.3) is 0 Å². The van der Waals surface area contributed by atoms with E-state index in [1.807, 2.05) is 0 Å². The van der Waals surface area contributed by atoms with Crippen molar-refractivity contribution >= 4 is 27.5 Å². The zero-order chi connectivity index (χ0) is 23.8. The molecule has 174 valence electrons. The number of hydrogen-bond acceptors (Lipinski definition) is 6. The van der Waals surface area contributed by atoms with Crippen molar-refractivity contribution in [2.24, 2.45) is 0 Å². The van der Waals surface area contributed by atoms with Gasteiger partial charge < -0.3 is 19.4 Å². The minimum absolute atomic E-state index is 0.0652. The summed E-state index contributed by atoms with van der Waals surface area (Å²) in [4.78, 5) is 26.2. The Balaban J connectivity index is 1.70. The summed E-state index contributed by atoms with van der Waals surface area (Å²) in [5.41, 5.74) is 0.108. The number of rotatable bonds is 10. The van der Waals surface area contributed by atoms with E-state index in [4.69, 9.17) is 9.15 Å². The van der Waals surface area contributed by atoms with Gasteiger partial charge in [-0.25, -0.2) is 17.5 Å². The van der Waals surface area contributed by atoms with Crippen LogP contribution < -0.4 is 19.7 Å². The summed E-state index contributed by atoms with van der Waals surface area (Å²) < 4.78 is 51.2. The lowest BCUT2D eigenvalue weighted by Gasteiger charge is -2.22. The molecule has 33 heavy (non-hydrogen) atoms. The number of halogens is 1. The number of sulfonamides is 1. The largest absolute Gasteiger partial charge is 0.497 e. The van der Waals surface area contributed by atoms with Crippen LogP contribution in [0.3, 0.4) is 0 Å². The van der Waals surface area contributed by atoms with E-state index in [-0.39, 0.29) is 17.1 Å².